The molecule has 0 bridgehead atoms. The molecule has 2 N–H and O–H groups in total. The quantitative estimate of drug-likeness (QED) is 0.685. The Kier molecular flexibility index (Phi) is 5.48. The van der Waals surface area contributed by atoms with Crippen molar-refractivity contribution in [3.05, 3.63) is 29.8 Å². The molecule has 116 valence electrons. The Labute approximate surface area is 128 Å². The number of piperidine rings is 1. The van der Waals surface area contributed by atoms with Gasteiger partial charge in [-0.05, 0) is 44.2 Å². The van der Waals surface area contributed by atoms with E-state index in [0.29, 0.717) is 18.4 Å². The molecule has 0 radical (unpaired) electrons. The average molecular weight is 289 g/mol. The van der Waals surface area contributed by atoms with E-state index in [1.54, 1.807) is 0 Å². The molecular formula is C17H27N3O. The molecule has 2 atom stereocenters. The fourth-order valence-corrected chi connectivity index (χ4v) is 2.66. The summed E-state index contributed by atoms with van der Waals surface area (Å²) in [7, 11) is 0. The Morgan fingerprint density at radius 1 is 1.48 bits per heavy atom. The number of aryl methyl sites for hydroxylation is 1. The van der Waals surface area contributed by atoms with Crippen LogP contribution in [0.3, 0.4) is 0 Å². The minimum absolute atomic E-state index is 0.0202. The highest BCUT2D eigenvalue weighted by Crippen LogP contribution is 2.18. The topological polar surface area (TPSA) is 50.9 Å². The zero-order valence-corrected chi connectivity index (χ0v) is 13.4. The molecule has 0 amide bonds. The minimum Gasteiger partial charge on any atom is -0.489 e. The molecule has 1 fully saturated rings. The first-order valence-corrected chi connectivity index (χ1v) is 7.83. The van der Waals surface area contributed by atoms with Gasteiger partial charge in [0.1, 0.15) is 11.9 Å². The van der Waals surface area contributed by atoms with Crippen LogP contribution >= 0.6 is 0 Å². The molecule has 1 heterocycles. The maximum Gasteiger partial charge on any atom is 0.191 e. The first-order chi connectivity index (χ1) is 10.1. The van der Waals surface area contributed by atoms with E-state index in [9.17, 15) is 0 Å². The van der Waals surface area contributed by atoms with E-state index in [1.165, 1.54) is 12.8 Å². The van der Waals surface area contributed by atoms with Gasteiger partial charge in [-0.15, -0.1) is 0 Å². The van der Waals surface area contributed by atoms with Crippen molar-refractivity contribution >= 4 is 5.96 Å². The molecule has 1 aliphatic rings. The number of guanidine groups is 1. The zero-order chi connectivity index (χ0) is 15.2. The third-order valence-corrected chi connectivity index (χ3v) is 3.91. The second-order valence-electron chi connectivity index (χ2n) is 6.09. The lowest BCUT2D eigenvalue weighted by Gasteiger charge is -2.31. The van der Waals surface area contributed by atoms with Gasteiger partial charge in [-0.25, -0.2) is 4.99 Å². The van der Waals surface area contributed by atoms with Gasteiger partial charge in [0, 0.05) is 13.1 Å². The van der Waals surface area contributed by atoms with Crippen molar-refractivity contribution in [2.24, 2.45) is 16.6 Å². The number of ether oxygens (including phenoxy) is 1. The molecule has 1 aliphatic heterocycles. The van der Waals surface area contributed by atoms with Crippen molar-refractivity contribution in [3.63, 3.8) is 0 Å². The summed E-state index contributed by atoms with van der Waals surface area (Å²) in [5, 5.41) is 0. The van der Waals surface area contributed by atoms with E-state index in [1.807, 2.05) is 25.1 Å². The Morgan fingerprint density at radius 2 is 2.24 bits per heavy atom. The second kappa shape index (κ2) is 7.34. The normalized spacial score (nSPS) is 21.2. The van der Waals surface area contributed by atoms with E-state index in [0.717, 1.165) is 24.4 Å². The Hall–Kier alpha value is -1.71. The SMILES string of the molecule is Cc1ccccc1OC(C)CN=C(N)N1CCCC(C)C1. The van der Waals surface area contributed by atoms with Gasteiger partial charge < -0.3 is 15.4 Å². The lowest BCUT2D eigenvalue weighted by molar-refractivity contribution is 0.226. The monoisotopic (exact) mass is 289 g/mol. The van der Waals surface area contributed by atoms with Crippen LogP contribution in [0.1, 0.15) is 32.3 Å². The summed E-state index contributed by atoms with van der Waals surface area (Å²) in [6, 6.07) is 8.04. The summed E-state index contributed by atoms with van der Waals surface area (Å²) >= 11 is 0. The third-order valence-electron chi connectivity index (χ3n) is 3.91. The van der Waals surface area contributed by atoms with Crippen molar-refractivity contribution in [3.8, 4) is 5.75 Å². The van der Waals surface area contributed by atoms with Crippen LogP contribution in [-0.2, 0) is 0 Å². The molecule has 1 aromatic rings. The zero-order valence-electron chi connectivity index (χ0n) is 13.4. The largest absolute Gasteiger partial charge is 0.489 e. The summed E-state index contributed by atoms with van der Waals surface area (Å²) < 4.78 is 5.92. The molecule has 0 saturated carbocycles. The fraction of sp³-hybridized carbons (Fsp3) is 0.588. The number of likely N-dealkylation sites (tertiary alicyclic amines) is 1. The van der Waals surface area contributed by atoms with Crippen molar-refractivity contribution in [1.82, 2.24) is 4.90 Å². The number of aliphatic imine (C=N–C) groups is 1. The summed E-state index contributed by atoms with van der Waals surface area (Å²) in [5.74, 6) is 2.28. The van der Waals surface area contributed by atoms with Crippen LogP contribution in [-0.4, -0.2) is 36.6 Å². The lowest BCUT2D eigenvalue weighted by atomic mass is 10.0. The van der Waals surface area contributed by atoms with E-state index in [-0.39, 0.29) is 6.10 Å². The number of hydrogen-bond acceptors (Lipinski definition) is 2. The van der Waals surface area contributed by atoms with Crippen molar-refractivity contribution < 1.29 is 4.74 Å². The highest BCUT2D eigenvalue weighted by molar-refractivity contribution is 5.78. The van der Waals surface area contributed by atoms with Gasteiger partial charge in [-0.1, -0.05) is 25.1 Å². The third kappa shape index (κ3) is 4.66. The van der Waals surface area contributed by atoms with Crippen LogP contribution in [0.4, 0.5) is 0 Å². The molecule has 0 aliphatic carbocycles. The van der Waals surface area contributed by atoms with Gasteiger partial charge in [0.05, 0.1) is 6.54 Å². The van der Waals surface area contributed by atoms with Crippen LogP contribution < -0.4 is 10.5 Å². The molecule has 4 nitrogen and oxygen atoms in total. The molecule has 0 aromatic heterocycles. The summed E-state index contributed by atoms with van der Waals surface area (Å²) in [4.78, 5) is 6.69. The first kappa shape index (κ1) is 15.7. The molecule has 21 heavy (non-hydrogen) atoms. The second-order valence-corrected chi connectivity index (χ2v) is 6.09. The van der Waals surface area contributed by atoms with Gasteiger partial charge in [-0.3, -0.25) is 0 Å². The lowest BCUT2D eigenvalue weighted by Crippen LogP contribution is -2.43. The number of rotatable bonds is 4. The minimum atomic E-state index is 0.0202. The molecule has 0 spiro atoms. The van der Waals surface area contributed by atoms with Gasteiger partial charge >= 0.3 is 0 Å². The van der Waals surface area contributed by atoms with Crippen LogP contribution in [0.2, 0.25) is 0 Å². The predicted octanol–water partition coefficient (Wildman–Crippen LogP) is 2.81. The van der Waals surface area contributed by atoms with E-state index in [4.69, 9.17) is 10.5 Å². The van der Waals surface area contributed by atoms with Gasteiger partial charge in [0.2, 0.25) is 0 Å². The standard InChI is InChI=1S/C17H27N3O/c1-13-7-6-10-20(12-13)17(18)19-11-15(3)21-16-9-5-4-8-14(16)2/h4-5,8-9,13,15H,6-7,10-12H2,1-3H3,(H2,18,19). The highest BCUT2D eigenvalue weighted by Gasteiger charge is 2.17. The molecule has 2 unspecified atom stereocenters. The van der Waals surface area contributed by atoms with Crippen molar-refractivity contribution in [1.29, 1.82) is 0 Å². The first-order valence-electron chi connectivity index (χ1n) is 7.83. The van der Waals surface area contributed by atoms with Crippen LogP contribution in [0.15, 0.2) is 29.3 Å². The Morgan fingerprint density at radius 3 is 2.95 bits per heavy atom. The fourth-order valence-electron chi connectivity index (χ4n) is 2.66. The number of hydrogen-bond donors (Lipinski definition) is 1. The van der Waals surface area contributed by atoms with Crippen molar-refractivity contribution in [2.75, 3.05) is 19.6 Å². The summed E-state index contributed by atoms with van der Waals surface area (Å²) in [6.07, 6.45) is 2.51. The number of nitrogens with zero attached hydrogens (tertiary/aromatic N) is 2. The molecule has 2 rings (SSSR count). The number of benzene rings is 1. The molecular weight excluding hydrogens is 262 g/mol. The van der Waals surface area contributed by atoms with E-state index < -0.39 is 0 Å². The van der Waals surface area contributed by atoms with Crippen molar-refractivity contribution in [2.45, 2.75) is 39.7 Å². The molecule has 1 saturated heterocycles. The smallest absolute Gasteiger partial charge is 0.191 e. The number of nitrogens with two attached hydrogens (primary N) is 1. The van der Waals surface area contributed by atoms with Crippen LogP contribution in [0.25, 0.3) is 0 Å². The Bertz CT molecular complexity index is 487. The summed E-state index contributed by atoms with van der Waals surface area (Å²) in [5.41, 5.74) is 7.25. The van der Waals surface area contributed by atoms with Gasteiger partial charge in [0.25, 0.3) is 0 Å². The predicted molar refractivity (Wildman–Crippen MR) is 87.7 cm³/mol. The Balaban J connectivity index is 1.86. The summed E-state index contributed by atoms with van der Waals surface area (Å²) in [6.45, 7) is 8.97. The van der Waals surface area contributed by atoms with E-state index >= 15 is 0 Å². The number of para-hydroxylation sites is 1. The van der Waals surface area contributed by atoms with E-state index in [2.05, 4.69) is 29.8 Å². The van der Waals surface area contributed by atoms with Gasteiger partial charge in [-0.2, -0.15) is 0 Å². The van der Waals surface area contributed by atoms with Gasteiger partial charge in [0.15, 0.2) is 5.96 Å². The maximum atomic E-state index is 6.10. The van der Waals surface area contributed by atoms with Crippen LogP contribution in [0, 0.1) is 12.8 Å². The average Bonchev–Trinajstić information content (AvgIpc) is 2.47. The van der Waals surface area contributed by atoms with Crippen LogP contribution in [0.5, 0.6) is 5.75 Å². The molecule has 4 heteroatoms. The maximum absolute atomic E-state index is 6.10. The molecule has 1 aromatic carbocycles. The highest BCUT2D eigenvalue weighted by atomic mass is 16.5.